The minimum absolute atomic E-state index is 0.0607. The molecule has 2 aromatic rings. The van der Waals surface area contributed by atoms with Gasteiger partial charge in [0, 0.05) is 4.88 Å². The van der Waals surface area contributed by atoms with Gasteiger partial charge in [-0.05, 0) is 53.5 Å². The lowest BCUT2D eigenvalue weighted by Gasteiger charge is -2.34. The molecule has 102 valence electrons. The van der Waals surface area contributed by atoms with E-state index in [4.69, 9.17) is 5.73 Å². The fraction of sp³-hybridized carbons (Fsp3) is 0.312. The number of hydrogen-bond donors (Lipinski definition) is 2. The predicted molar refractivity (Wildman–Crippen MR) is 84.1 cm³/mol. The maximum absolute atomic E-state index is 5.81. The van der Waals surface area contributed by atoms with E-state index in [1.54, 1.807) is 11.3 Å². The van der Waals surface area contributed by atoms with E-state index in [2.05, 4.69) is 46.0 Å². The van der Waals surface area contributed by atoms with Gasteiger partial charge >= 0.3 is 0 Å². The molecule has 2 aliphatic rings. The Morgan fingerprint density at radius 2 is 2.20 bits per heavy atom. The number of rotatable bonds is 1. The minimum atomic E-state index is 0.0607. The van der Waals surface area contributed by atoms with Crippen LogP contribution in [0.2, 0.25) is 0 Å². The summed E-state index contributed by atoms with van der Waals surface area (Å²) in [4.78, 5) is 5.68. The standard InChI is InChI=1S/C16H17N3S/c17-15-18-10-16(19-15)6-5-11-3-4-12(8-13(11)9-16)14-2-1-7-20-14/h1-4,7-8H,5-6,9-10H2,(H3,17,18,19). The van der Waals surface area contributed by atoms with Crippen molar-refractivity contribution in [3.63, 3.8) is 0 Å². The summed E-state index contributed by atoms with van der Waals surface area (Å²) in [6.07, 6.45) is 3.24. The molecule has 1 aliphatic carbocycles. The number of nitrogens with two attached hydrogens (primary N) is 1. The van der Waals surface area contributed by atoms with Gasteiger partial charge in [0.15, 0.2) is 5.96 Å². The predicted octanol–water partition coefficient (Wildman–Crippen LogP) is 2.56. The third-order valence-electron chi connectivity index (χ3n) is 4.36. The van der Waals surface area contributed by atoms with Crippen molar-refractivity contribution in [1.29, 1.82) is 0 Å². The van der Waals surface area contributed by atoms with Gasteiger partial charge < -0.3 is 11.1 Å². The molecule has 20 heavy (non-hydrogen) atoms. The van der Waals surface area contributed by atoms with Gasteiger partial charge in [0.25, 0.3) is 0 Å². The molecule has 1 aromatic carbocycles. The van der Waals surface area contributed by atoms with E-state index in [1.807, 2.05) is 0 Å². The molecule has 4 heteroatoms. The molecule has 0 saturated carbocycles. The summed E-state index contributed by atoms with van der Waals surface area (Å²) in [5.74, 6) is 0.600. The number of aryl methyl sites for hydroxylation is 1. The van der Waals surface area contributed by atoms with Crippen molar-refractivity contribution in [3.05, 3.63) is 46.8 Å². The zero-order chi connectivity index (χ0) is 13.6. The summed E-state index contributed by atoms with van der Waals surface area (Å²) in [6.45, 7) is 0.807. The fourth-order valence-electron chi connectivity index (χ4n) is 3.29. The molecule has 0 bridgehead atoms. The van der Waals surface area contributed by atoms with Gasteiger partial charge in [-0.3, -0.25) is 4.99 Å². The zero-order valence-corrected chi connectivity index (χ0v) is 12.0. The van der Waals surface area contributed by atoms with Gasteiger partial charge in [0.2, 0.25) is 0 Å². The van der Waals surface area contributed by atoms with Crippen LogP contribution in [0.5, 0.6) is 0 Å². The monoisotopic (exact) mass is 283 g/mol. The van der Waals surface area contributed by atoms with E-state index in [0.717, 1.165) is 25.8 Å². The number of hydrogen-bond acceptors (Lipinski definition) is 4. The molecule has 1 spiro atoms. The Kier molecular flexibility index (Phi) is 2.60. The van der Waals surface area contributed by atoms with Gasteiger partial charge in [0.05, 0.1) is 12.1 Å². The largest absolute Gasteiger partial charge is 0.370 e. The molecule has 0 radical (unpaired) electrons. The molecule has 1 aromatic heterocycles. The molecule has 1 atom stereocenters. The molecular formula is C16H17N3S. The first kappa shape index (κ1) is 12.0. The average Bonchev–Trinajstić information content (AvgIpc) is 3.09. The van der Waals surface area contributed by atoms with Crippen LogP contribution in [0.3, 0.4) is 0 Å². The van der Waals surface area contributed by atoms with Crippen LogP contribution >= 0.6 is 11.3 Å². The van der Waals surface area contributed by atoms with Crippen LogP contribution in [0.4, 0.5) is 0 Å². The van der Waals surface area contributed by atoms with Gasteiger partial charge in [-0.2, -0.15) is 0 Å². The van der Waals surface area contributed by atoms with Crippen LogP contribution in [-0.4, -0.2) is 18.0 Å². The summed E-state index contributed by atoms with van der Waals surface area (Å²) < 4.78 is 0. The molecule has 1 aliphatic heterocycles. The summed E-state index contributed by atoms with van der Waals surface area (Å²) in [5, 5.41) is 5.52. The first-order chi connectivity index (χ1) is 9.74. The maximum Gasteiger partial charge on any atom is 0.189 e. The highest BCUT2D eigenvalue weighted by Crippen LogP contribution is 2.34. The lowest BCUT2D eigenvalue weighted by molar-refractivity contribution is 0.361. The Hall–Kier alpha value is -1.81. The molecule has 3 nitrogen and oxygen atoms in total. The van der Waals surface area contributed by atoms with Crippen molar-refractivity contribution in [2.24, 2.45) is 10.7 Å². The number of nitrogens with zero attached hydrogens (tertiary/aromatic N) is 1. The van der Waals surface area contributed by atoms with Crippen LogP contribution < -0.4 is 11.1 Å². The highest BCUT2D eigenvalue weighted by Gasteiger charge is 2.37. The normalized spacial score (nSPS) is 24.3. The van der Waals surface area contributed by atoms with Crippen LogP contribution in [0.1, 0.15) is 17.5 Å². The van der Waals surface area contributed by atoms with Crippen molar-refractivity contribution in [3.8, 4) is 10.4 Å². The number of thiophene rings is 1. The highest BCUT2D eigenvalue weighted by molar-refractivity contribution is 7.13. The van der Waals surface area contributed by atoms with Crippen molar-refractivity contribution in [1.82, 2.24) is 5.32 Å². The Morgan fingerprint density at radius 1 is 1.25 bits per heavy atom. The van der Waals surface area contributed by atoms with E-state index < -0.39 is 0 Å². The highest BCUT2D eigenvalue weighted by atomic mass is 32.1. The second-order valence-corrected chi connectivity index (χ2v) is 6.69. The Balaban J connectivity index is 1.68. The third-order valence-corrected chi connectivity index (χ3v) is 5.28. The SMILES string of the molecule is NC1=NCC2(CCc3ccc(-c4cccs4)cc3C2)N1. The zero-order valence-electron chi connectivity index (χ0n) is 11.2. The van der Waals surface area contributed by atoms with Gasteiger partial charge in [-0.15, -0.1) is 11.3 Å². The number of aliphatic imine (C=N–C) groups is 1. The minimum Gasteiger partial charge on any atom is -0.370 e. The number of guanidine groups is 1. The summed E-state index contributed by atoms with van der Waals surface area (Å²) in [7, 11) is 0. The van der Waals surface area contributed by atoms with Gasteiger partial charge in [0.1, 0.15) is 0 Å². The molecule has 0 amide bonds. The summed E-state index contributed by atoms with van der Waals surface area (Å²) in [6, 6.07) is 11.2. The van der Waals surface area contributed by atoms with Crippen molar-refractivity contribution in [2.45, 2.75) is 24.8 Å². The van der Waals surface area contributed by atoms with Crippen molar-refractivity contribution in [2.75, 3.05) is 6.54 Å². The molecule has 0 saturated heterocycles. The van der Waals surface area contributed by atoms with Crippen LogP contribution in [-0.2, 0) is 12.8 Å². The first-order valence-electron chi connectivity index (χ1n) is 6.98. The quantitative estimate of drug-likeness (QED) is 0.845. The van der Waals surface area contributed by atoms with Crippen LogP contribution in [0, 0.1) is 0 Å². The second kappa shape index (κ2) is 4.35. The van der Waals surface area contributed by atoms with Crippen LogP contribution in [0.25, 0.3) is 10.4 Å². The van der Waals surface area contributed by atoms with Gasteiger partial charge in [-0.25, -0.2) is 0 Å². The van der Waals surface area contributed by atoms with E-state index in [0.29, 0.717) is 5.96 Å². The third kappa shape index (κ3) is 1.91. The van der Waals surface area contributed by atoms with Crippen LogP contribution in [0.15, 0.2) is 40.7 Å². The van der Waals surface area contributed by atoms with E-state index in [9.17, 15) is 0 Å². The molecule has 1 unspecified atom stereocenters. The van der Waals surface area contributed by atoms with Crippen molar-refractivity contribution < 1.29 is 0 Å². The maximum atomic E-state index is 5.81. The average molecular weight is 283 g/mol. The molecular weight excluding hydrogens is 266 g/mol. The molecule has 4 rings (SSSR count). The summed E-state index contributed by atoms with van der Waals surface area (Å²) >= 11 is 1.79. The summed E-state index contributed by atoms with van der Waals surface area (Å²) in [5.41, 5.74) is 10.1. The smallest absolute Gasteiger partial charge is 0.189 e. The molecule has 2 heterocycles. The Bertz CT molecular complexity index is 675. The van der Waals surface area contributed by atoms with E-state index >= 15 is 0 Å². The van der Waals surface area contributed by atoms with E-state index in [-0.39, 0.29) is 5.54 Å². The first-order valence-corrected chi connectivity index (χ1v) is 7.86. The lowest BCUT2D eigenvalue weighted by Crippen LogP contribution is -2.51. The Labute approximate surface area is 122 Å². The topological polar surface area (TPSA) is 50.4 Å². The van der Waals surface area contributed by atoms with Crippen molar-refractivity contribution >= 4 is 17.3 Å². The number of fused-ring (bicyclic) bond motifs is 1. The fourth-order valence-corrected chi connectivity index (χ4v) is 4.01. The molecule has 3 N–H and O–H groups in total. The van der Waals surface area contributed by atoms with E-state index in [1.165, 1.54) is 21.6 Å². The lowest BCUT2D eigenvalue weighted by atomic mass is 9.78. The Morgan fingerprint density at radius 3 is 2.95 bits per heavy atom. The number of nitrogens with one attached hydrogen (secondary N) is 1. The second-order valence-electron chi connectivity index (χ2n) is 5.74. The van der Waals surface area contributed by atoms with Gasteiger partial charge in [-0.1, -0.05) is 18.2 Å². The number of benzene rings is 1. The molecule has 0 fully saturated rings.